The van der Waals surface area contributed by atoms with Gasteiger partial charge < -0.3 is 5.32 Å². The molecule has 0 aliphatic heterocycles. The van der Waals surface area contributed by atoms with E-state index >= 15 is 0 Å². The van der Waals surface area contributed by atoms with Crippen LogP contribution in [0.4, 0.5) is 36.4 Å². The van der Waals surface area contributed by atoms with Crippen LogP contribution in [-0.4, -0.2) is 17.9 Å². The summed E-state index contributed by atoms with van der Waals surface area (Å²) in [5.74, 6) is -1.79. The summed E-state index contributed by atoms with van der Waals surface area (Å²) < 4.78 is 87.7. The normalized spacial score (nSPS) is 21.6. The van der Waals surface area contributed by atoms with E-state index in [1.807, 2.05) is 13.8 Å². The van der Waals surface area contributed by atoms with Gasteiger partial charge in [-0.3, -0.25) is 0 Å². The topological polar surface area (TPSA) is 59.6 Å². The number of nitrogens with one attached hydrogen (secondary N) is 1. The predicted octanol–water partition coefficient (Wildman–Crippen LogP) is 6.31. The first kappa shape index (κ1) is 25.0. The summed E-state index contributed by atoms with van der Waals surface area (Å²) in [6.07, 6.45) is -5.32. The maximum absolute atomic E-state index is 13.3. The van der Waals surface area contributed by atoms with Gasteiger partial charge in [0.25, 0.3) is 0 Å². The zero-order chi connectivity index (χ0) is 23.2. The molecule has 0 heterocycles. The highest BCUT2D eigenvalue weighted by Gasteiger charge is 2.59. The van der Waals surface area contributed by atoms with Crippen LogP contribution < -0.4 is 5.32 Å². The lowest BCUT2D eigenvalue weighted by Crippen LogP contribution is -2.45. The lowest BCUT2D eigenvalue weighted by Gasteiger charge is -2.28. The summed E-state index contributed by atoms with van der Waals surface area (Å²) in [7, 11) is 0. The number of benzene rings is 1. The summed E-state index contributed by atoms with van der Waals surface area (Å²) in [6.45, 7) is 3.82. The molecule has 0 spiro atoms. The number of allylic oxidation sites excluding steroid dienone is 4. The Labute approximate surface area is 169 Å². The minimum atomic E-state index is -5.05. The Morgan fingerprint density at radius 1 is 1.13 bits per heavy atom. The van der Waals surface area contributed by atoms with Gasteiger partial charge >= 0.3 is 12.4 Å². The summed E-state index contributed by atoms with van der Waals surface area (Å²) in [5.41, 5.74) is -4.41. The number of halogens is 7. The monoisotopic (exact) mass is 433 g/mol. The SMILES string of the molecule is CCC(C)Nc1ccc(C#N)c(C(F)(F)F)c1.N#CC1C=CC=CC1(F)C(F)(F)F. The number of anilines is 1. The van der Waals surface area contributed by atoms with Gasteiger partial charge in [-0.1, -0.05) is 25.2 Å². The second kappa shape index (κ2) is 9.66. The van der Waals surface area contributed by atoms with Gasteiger partial charge in [-0.25, -0.2) is 4.39 Å². The second-order valence-electron chi connectivity index (χ2n) is 6.44. The molecule has 0 saturated carbocycles. The molecule has 1 aromatic rings. The molecule has 0 fully saturated rings. The molecule has 1 aliphatic carbocycles. The maximum atomic E-state index is 13.3. The fourth-order valence-electron chi connectivity index (χ4n) is 2.37. The van der Waals surface area contributed by atoms with Gasteiger partial charge in [-0.2, -0.15) is 36.9 Å². The third-order valence-corrected chi connectivity index (χ3v) is 4.25. The molecule has 10 heteroatoms. The summed E-state index contributed by atoms with van der Waals surface area (Å²) in [6, 6.07) is 6.55. The molecule has 3 nitrogen and oxygen atoms in total. The van der Waals surface area contributed by atoms with E-state index in [1.54, 1.807) is 6.07 Å². The number of alkyl halides is 7. The Bertz CT molecular complexity index is 872. The van der Waals surface area contributed by atoms with Gasteiger partial charge in [0.1, 0.15) is 5.92 Å². The second-order valence-corrected chi connectivity index (χ2v) is 6.44. The third-order valence-electron chi connectivity index (χ3n) is 4.25. The Morgan fingerprint density at radius 2 is 1.77 bits per heavy atom. The molecule has 2 rings (SSSR count). The first-order valence-corrected chi connectivity index (χ1v) is 8.69. The van der Waals surface area contributed by atoms with Gasteiger partial charge in [0, 0.05) is 11.7 Å². The Hall–Kier alpha value is -3.01. The van der Waals surface area contributed by atoms with Crippen molar-refractivity contribution in [2.45, 2.75) is 44.3 Å². The van der Waals surface area contributed by atoms with Crippen LogP contribution in [0.15, 0.2) is 42.5 Å². The first-order chi connectivity index (χ1) is 13.8. The fraction of sp³-hybridized carbons (Fsp3) is 0.400. The molecule has 0 saturated heterocycles. The lowest BCUT2D eigenvalue weighted by atomic mass is 9.86. The molecule has 1 N–H and O–H groups in total. The van der Waals surface area contributed by atoms with Crippen molar-refractivity contribution in [3.63, 3.8) is 0 Å². The van der Waals surface area contributed by atoms with E-state index in [2.05, 4.69) is 5.32 Å². The molecule has 30 heavy (non-hydrogen) atoms. The average molecular weight is 433 g/mol. The van der Waals surface area contributed by atoms with Crippen molar-refractivity contribution < 1.29 is 30.7 Å². The van der Waals surface area contributed by atoms with Gasteiger partial charge in [-0.15, -0.1) is 0 Å². The smallest absolute Gasteiger partial charge is 0.383 e. The van der Waals surface area contributed by atoms with E-state index in [0.29, 0.717) is 11.8 Å². The quantitative estimate of drug-likeness (QED) is 0.569. The number of hydrogen-bond acceptors (Lipinski definition) is 3. The third kappa shape index (κ3) is 5.99. The molecular weight excluding hydrogens is 415 g/mol. The Kier molecular flexibility index (Phi) is 8.06. The van der Waals surface area contributed by atoms with Gasteiger partial charge in [0.15, 0.2) is 0 Å². The van der Waals surface area contributed by atoms with Crippen molar-refractivity contribution in [3.05, 3.63) is 53.6 Å². The van der Waals surface area contributed by atoms with E-state index in [-0.39, 0.29) is 11.6 Å². The van der Waals surface area contributed by atoms with Crippen molar-refractivity contribution in [1.82, 2.24) is 0 Å². The molecule has 3 unspecified atom stereocenters. The Balaban J connectivity index is 0.000000311. The molecule has 0 amide bonds. The highest BCUT2D eigenvalue weighted by molar-refractivity contribution is 5.53. The number of hydrogen-bond donors (Lipinski definition) is 1. The maximum Gasteiger partial charge on any atom is 0.427 e. The van der Waals surface area contributed by atoms with Crippen LogP contribution in [0.25, 0.3) is 0 Å². The largest absolute Gasteiger partial charge is 0.427 e. The molecule has 162 valence electrons. The zero-order valence-electron chi connectivity index (χ0n) is 15.9. The van der Waals surface area contributed by atoms with E-state index < -0.39 is 29.5 Å². The van der Waals surface area contributed by atoms with Crippen LogP contribution in [0.2, 0.25) is 0 Å². The zero-order valence-corrected chi connectivity index (χ0v) is 15.9. The van der Waals surface area contributed by atoms with Crippen LogP contribution in [-0.2, 0) is 6.18 Å². The molecule has 3 atom stereocenters. The lowest BCUT2D eigenvalue weighted by molar-refractivity contribution is -0.219. The van der Waals surface area contributed by atoms with Crippen molar-refractivity contribution in [2.24, 2.45) is 5.92 Å². The number of rotatable bonds is 3. The predicted molar refractivity (Wildman–Crippen MR) is 96.8 cm³/mol. The van der Waals surface area contributed by atoms with Crippen molar-refractivity contribution >= 4 is 5.69 Å². The Morgan fingerprint density at radius 3 is 2.20 bits per heavy atom. The van der Waals surface area contributed by atoms with E-state index in [4.69, 9.17) is 10.5 Å². The highest BCUT2D eigenvalue weighted by atomic mass is 19.4. The average Bonchev–Trinajstić information content (AvgIpc) is 2.67. The summed E-state index contributed by atoms with van der Waals surface area (Å²) in [5, 5.41) is 19.9. The van der Waals surface area contributed by atoms with E-state index in [9.17, 15) is 30.7 Å². The number of nitrogens with zero attached hydrogens (tertiary/aromatic N) is 2. The molecule has 0 radical (unpaired) electrons. The molecule has 1 aromatic carbocycles. The molecule has 1 aliphatic rings. The minimum Gasteiger partial charge on any atom is -0.383 e. The summed E-state index contributed by atoms with van der Waals surface area (Å²) in [4.78, 5) is 0. The first-order valence-electron chi connectivity index (χ1n) is 8.69. The van der Waals surface area contributed by atoms with Crippen LogP contribution in [0, 0.1) is 28.6 Å². The van der Waals surface area contributed by atoms with Gasteiger partial charge in [0.2, 0.25) is 5.67 Å². The van der Waals surface area contributed by atoms with Gasteiger partial charge in [-0.05, 0) is 37.6 Å². The van der Waals surface area contributed by atoms with Crippen LogP contribution in [0.3, 0.4) is 0 Å². The van der Waals surface area contributed by atoms with Crippen LogP contribution in [0.1, 0.15) is 31.4 Å². The minimum absolute atomic E-state index is 0.0871. The van der Waals surface area contributed by atoms with E-state index in [1.165, 1.54) is 24.3 Å². The summed E-state index contributed by atoms with van der Waals surface area (Å²) >= 11 is 0. The molecular formula is C20H18F7N3. The van der Waals surface area contributed by atoms with Crippen molar-refractivity contribution in [3.8, 4) is 12.1 Å². The number of nitriles is 2. The van der Waals surface area contributed by atoms with Crippen LogP contribution in [0.5, 0.6) is 0 Å². The highest BCUT2D eigenvalue weighted by Crippen LogP contribution is 2.42. The molecule has 0 aromatic heterocycles. The van der Waals surface area contributed by atoms with Crippen LogP contribution >= 0.6 is 0 Å². The van der Waals surface area contributed by atoms with E-state index in [0.717, 1.165) is 24.6 Å². The fourth-order valence-corrected chi connectivity index (χ4v) is 2.37. The molecule has 0 bridgehead atoms. The van der Waals surface area contributed by atoms with Gasteiger partial charge in [0.05, 0.1) is 23.3 Å². The van der Waals surface area contributed by atoms with Crippen molar-refractivity contribution in [1.29, 1.82) is 10.5 Å². The standard InChI is InChI=1S/C12H13F3N2.C8H5F4N/c1-3-8(2)17-10-5-4-9(7-16)11(6-10)12(13,14)15;9-7(8(10,11)12)4-2-1-3-6(7)5-13/h4-6,8,17H,3H2,1-2H3;1-4,6H. The van der Waals surface area contributed by atoms with Crippen molar-refractivity contribution in [2.75, 3.05) is 5.32 Å².